The summed E-state index contributed by atoms with van der Waals surface area (Å²) in [6, 6.07) is 19.9. The molecule has 11 heteroatoms. The van der Waals surface area contributed by atoms with Gasteiger partial charge in [0.2, 0.25) is 5.69 Å². The number of allylic oxidation sites excluding steroid dienone is 5. The number of anilines is 1. The van der Waals surface area contributed by atoms with Crippen LogP contribution in [0.3, 0.4) is 0 Å². The van der Waals surface area contributed by atoms with Crippen LogP contribution in [0.1, 0.15) is 95.8 Å². The predicted octanol–water partition coefficient (Wildman–Crippen LogP) is 11.9. The molecule has 3 heterocycles. The Kier molecular flexibility index (Phi) is 13.3. The van der Waals surface area contributed by atoms with Crippen molar-refractivity contribution in [3.8, 4) is 0 Å². The number of likely N-dealkylation sites (N-methyl/N-ethyl adjacent to an activating group) is 1. The minimum Gasteiger partial charge on any atom is -0.513 e. The molecule has 0 radical (unpaired) electrons. The molecule has 7 rings (SSSR count). The first kappa shape index (κ1) is 47.0. The highest BCUT2D eigenvalue weighted by Gasteiger charge is 2.46. The number of quaternary nitrogens is 1. The fourth-order valence-electron chi connectivity index (χ4n) is 10.4. The Morgan fingerprint density at radius 3 is 2.22 bits per heavy atom. The van der Waals surface area contributed by atoms with Crippen LogP contribution in [-0.2, 0) is 25.7 Å². The van der Waals surface area contributed by atoms with E-state index in [2.05, 4.69) is 125 Å². The van der Waals surface area contributed by atoms with Crippen LogP contribution in [0.25, 0.3) is 21.5 Å². The number of rotatable bonds is 16. The van der Waals surface area contributed by atoms with Crippen molar-refractivity contribution in [2.24, 2.45) is 0 Å². The summed E-state index contributed by atoms with van der Waals surface area (Å²) in [6.45, 7) is 17.8. The highest BCUT2D eigenvalue weighted by Crippen LogP contribution is 2.51. The summed E-state index contributed by atoms with van der Waals surface area (Å²) >= 11 is 7.49. The second-order valence-corrected chi connectivity index (χ2v) is 21.5. The molecule has 0 aliphatic carbocycles. The lowest BCUT2D eigenvalue weighted by atomic mass is 9.78. The number of aryl methyl sites for hydroxylation is 1. The van der Waals surface area contributed by atoms with Crippen molar-refractivity contribution in [3.05, 3.63) is 136 Å². The van der Waals surface area contributed by atoms with Crippen LogP contribution >= 0.6 is 11.6 Å². The molecule has 4 aromatic carbocycles. The highest BCUT2D eigenvalue weighted by molar-refractivity contribution is 7.85. The zero-order chi connectivity index (χ0) is 46.4. The normalized spacial score (nSPS) is 19.2. The van der Waals surface area contributed by atoms with E-state index >= 15 is 0 Å². The van der Waals surface area contributed by atoms with Gasteiger partial charge in [-0.2, -0.15) is 13.0 Å². The fourth-order valence-corrected chi connectivity index (χ4v) is 11.1. The maximum atomic E-state index is 12.1. The molecule has 0 aromatic heterocycles. The molecular formula is C53H64ClN3O6S+2. The zero-order valence-corrected chi connectivity index (χ0v) is 40.0. The quantitative estimate of drug-likeness (QED) is 0.0337. The van der Waals surface area contributed by atoms with Gasteiger partial charge in [0.25, 0.3) is 10.1 Å². The summed E-state index contributed by atoms with van der Waals surface area (Å²) in [7, 11) is 0.0925. The molecule has 0 fully saturated rings. The van der Waals surface area contributed by atoms with Crippen molar-refractivity contribution in [2.75, 3.05) is 45.2 Å². The summed E-state index contributed by atoms with van der Waals surface area (Å²) in [4.78, 5) is 13.5. The molecule has 0 atom stereocenters. The molecule has 0 saturated carbocycles. The maximum absolute atomic E-state index is 12.1. The van der Waals surface area contributed by atoms with E-state index in [9.17, 15) is 28.0 Å². The van der Waals surface area contributed by atoms with Crippen LogP contribution in [0.15, 0.2) is 124 Å². The lowest BCUT2D eigenvalue weighted by Gasteiger charge is -2.35. The van der Waals surface area contributed by atoms with Gasteiger partial charge in [0, 0.05) is 71.5 Å². The van der Waals surface area contributed by atoms with Gasteiger partial charge in [-0.15, -0.1) is 0 Å². The Morgan fingerprint density at radius 2 is 1.50 bits per heavy atom. The van der Waals surface area contributed by atoms with Crippen LogP contribution in [0, 0.1) is 6.92 Å². The van der Waals surface area contributed by atoms with Gasteiger partial charge in [-0.1, -0.05) is 80.4 Å². The van der Waals surface area contributed by atoms with Gasteiger partial charge in [0.05, 0.1) is 35.2 Å². The molecule has 3 N–H and O–H groups in total. The van der Waals surface area contributed by atoms with Crippen LogP contribution < -0.4 is 4.90 Å². The summed E-state index contributed by atoms with van der Waals surface area (Å²) < 4.78 is 37.1. The van der Waals surface area contributed by atoms with Gasteiger partial charge in [0.1, 0.15) is 19.6 Å². The maximum Gasteiger partial charge on any atom is 0.303 e. The number of fused-ring (bicyclic) bond motifs is 6. The molecule has 3 aliphatic heterocycles. The molecule has 0 amide bonds. The number of carboxylic acid groups (broad SMARTS) is 1. The Morgan fingerprint density at radius 1 is 0.828 bits per heavy atom. The van der Waals surface area contributed by atoms with Crippen molar-refractivity contribution in [1.29, 1.82) is 0 Å². The molecule has 9 nitrogen and oxygen atoms in total. The lowest BCUT2D eigenvalue weighted by Crippen LogP contribution is -2.45. The number of hydrogen-bond acceptors (Lipinski definition) is 5. The van der Waals surface area contributed by atoms with Gasteiger partial charge >= 0.3 is 5.97 Å². The van der Waals surface area contributed by atoms with Gasteiger partial charge < -0.3 is 19.6 Å². The number of hydrogen-bond donors (Lipinski definition) is 3. The van der Waals surface area contributed by atoms with E-state index < -0.39 is 21.5 Å². The van der Waals surface area contributed by atoms with Gasteiger partial charge in [-0.05, 0) is 110 Å². The summed E-state index contributed by atoms with van der Waals surface area (Å²) in [5.74, 6) is -0.557. The number of benzene rings is 4. The van der Waals surface area contributed by atoms with E-state index in [0.29, 0.717) is 17.3 Å². The van der Waals surface area contributed by atoms with Gasteiger partial charge in [0.15, 0.2) is 5.71 Å². The van der Waals surface area contributed by atoms with Crippen molar-refractivity contribution in [1.82, 2.24) is 0 Å². The summed E-state index contributed by atoms with van der Waals surface area (Å²) in [6.07, 6.45) is 14.6. The van der Waals surface area contributed by atoms with E-state index in [0.717, 1.165) is 102 Å². The van der Waals surface area contributed by atoms with E-state index in [-0.39, 0.29) is 22.5 Å². The van der Waals surface area contributed by atoms with Crippen molar-refractivity contribution in [2.45, 2.75) is 102 Å². The standard InChI is InChI=1S/C53H62ClN3O6S/c1-35-17-23-42-37(31-35)18-25-44-49(42)52(3,4)46(56(44)30-14-10-12-16-48(59)60)27-20-39-33-57(7,8)34-40(51(39)54)21-28-47-53(5,6)50-43-24-22-41(64(61,62)63)32-38(43)19-26-45(50)55(47)29-13-9-11-15-36(2)58/h17-28,31-32H,2,9-16,29-30,33-34H2,1,3-8H3,(H-2,58,59,60,61,62,63)/p+2. The molecule has 0 bridgehead atoms. The van der Waals surface area contributed by atoms with E-state index in [1.807, 2.05) is 6.07 Å². The summed E-state index contributed by atoms with van der Waals surface area (Å²) in [5, 5.41) is 23.8. The third-order valence-electron chi connectivity index (χ3n) is 13.4. The average Bonchev–Trinajstić information content (AvgIpc) is 3.57. The molecule has 3 aliphatic rings. The van der Waals surface area contributed by atoms with Crippen LogP contribution in [0.5, 0.6) is 0 Å². The van der Waals surface area contributed by atoms with E-state index in [4.69, 9.17) is 11.6 Å². The van der Waals surface area contributed by atoms with Crippen LogP contribution in [0.2, 0.25) is 0 Å². The number of aliphatic carboxylic acids is 1. The molecule has 338 valence electrons. The SMILES string of the molecule is C=C(O)CCCCCN1/C(=C/C=C2\C[N+](C)(C)CC(/C=C/C3=[N+](CCCCCC(=O)O)c4ccc5cc(C)ccc5c4C3(C)C)=C2Cl)C(C)(C)c2c1ccc1cc(S(=O)(=O)O)ccc21. The first-order valence-electron chi connectivity index (χ1n) is 22.5. The van der Waals surface area contributed by atoms with Crippen molar-refractivity contribution < 1.29 is 37.0 Å². The minimum absolute atomic E-state index is 0.133. The minimum atomic E-state index is -4.37. The predicted molar refractivity (Wildman–Crippen MR) is 262 cm³/mol. The fraction of sp³-hybridized carbons (Fsp3) is 0.396. The third kappa shape index (κ3) is 9.52. The number of aliphatic hydroxyl groups excluding tert-OH is 1. The topological polar surface area (TPSA) is 118 Å². The van der Waals surface area contributed by atoms with E-state index in [1.165, 1.54) is 45.4 Å². The van der Waals surface area contributed by atoms with Crippen LogP contribution in [0.4, 0.5) is 11.4 Å². The number of aliphatic hydroxyl groups is 1. The Hall–Kier alpha value is -5.00. The third-order valence-corrected chi connectivity index (χ3v) is 14.7. The second kappa shape index (κ2) is 18.1. The molecule has 0 unspecified atom stereocenters. The Labute approximate surface area is 384 Å². The van der Waals surface area contributed by atoms with Crippen LogP contribution in [-0.4, -0.2) is 84.2 Å². The van der Waals surface area contributed by atoms with E-state index in [1.54, 1.807) is 6.07 Å². The Bertz CT molecular complexity index is 2830. The number of unbranched alkanes of at least 4 members (excludes halogenated alkanes) is 4. The molecular weight excluding hydrogens is 842 g/mol. The lowest BCUT2D eigenvalue weighted by molar-refractivity contribution is -0.881. The Balaban J connectivity index is 1.28. The largest absolute Gasteiger partial charge is 0.513 e. The highest BCUT2D eigenvalue weighted by atomic mass is 35.5. The number of carboxylic acids is 1. The first-order chi connectivity index (χ1) is 30.1. The molecule has 0 spiro atoms. The zero-order valence-electron chi connectivity index (χ0n) is 38.5. The summed E-state index contributed by atoms with van der Waals surface area (Å²) in [5.41, 5.74) is 9.48. The molecule has 0 saturated heterocycles. The average molecular weight is 907 g/mol. The van der Waals surface area contributed by atoms with Crippen molar-refractivity contribution in [3.63, 3.8) is 0 Å². The van der Waals surface area contributed by atoms with Gasteiger partial charge in [-0.3, -0.25) is 9.35 Å². The smallest absolute Gasteiger partial charge is 0.303 e. The second-order valence-electron chi connectivity index (χ2n) is 19.7. The number of halogens is 1. The first-order valence-corrected chi connectivity index (χ1v) is 24.3. The van der Waals surface area contributed by atoms with Crippen molar-refractivity contribution >= 4 is 66.3 Å². The molecule has 64 heavy (non-hydrogen) atoms. The number of nitrogens with zero attached hydrogens (tertiary/aromatic N) is 3. The molecule has 4 aromatic rings. The number of carbonyl (C=O) groups is 1. The van der Waals surface area contributed by atoms with Gasteiger partial charge in [-0.25, -0.2) is 0 Å². The monoisotopic (exact) mass is 905 g/mol.